The molecule has 2 heterocycles. The molecule has 4 aromatic rings. The van der Waals surface area contributed by atoms with Gasteiger partial charge in [-0.2, -0.15) is 0 Å². The standard InChI is InChI=1S/C27H26N2O4/c1-31-23-14-25(33-3)24(32-2)12-19(23)18-13-26(30)28-21-10-7-11-22-27(21)20(18)16-29(22)15-17-8-5-4-6-9-17/h4-12,14,16,18H,13,15H2,1-3H3,(H,28,30). The highest BCUT2D eigenvalue weighted by molar-refractivity contribution is 6.06. The number of nitrogens with one attached hydrogen (secondary N) is 1. The Kier molecular flexibility index (Phi) is 5.42. The summed E-state index contributed by atoms with van der Waals surface area (Å²) in [6.07, 6.45) is 2.47. The summed E-state index contributed by atoms with van der Waals surface area (Å²) in [5.41, 5.74) is 5.10. The highest BCUT2D eigenvalue weighted by Gasteiger charge is 2.30. The number of ether oxygens (including phenoxy) is 3. The van der Waals surface area contributed by atoms with Gasteiger partial charge in [-0.25, -0.2) is 0 Å². The molecule has 0 saturated carbocycles. The second kappa shape index (κ2) is 8.54. The van der Waals surface area contributed by atoms with Crippen LogP contribution in [0, 0.1) is 0 Å². The van der Waals surface area contributed by atoms with Crippen LogP contribution < -0.4 is 19.5 Å². The lowest BCUT2D eigenvalue weighted by Gasteiger charge is -2.20. The molecular formula is C27H26N2O4. The van der Waals surface area contributed by atoms with Crippen molar-refractivity contribution in [3.05, 3.63) is 83.6 Å². The van der Waals surface area contributed by atoms with Gasteiger partial charge in [-0.05, 0) is 29.3 Å². The molecule has 1 aromatic heterocycles. The van der Waals surface area contributed by atoms with Gasteiger partial charge in [0.25, 0.3) is 0 Å². The fourth-order valence-electron chi connectivity index (χ4n) is 4.76. The molecule has 0 saturated heterocycles. The molecule has 0 aliphatic carbocycles. The smallest absolute Gasteiger partial charge is 0.225 e. The average molecular weight is 443 g/mol. The summed E-state index contributed by atoms with van der Waals surface area (Å²) < 4.78 is 19.0. The minimum absolute atomic E-state index is 0.0323. The van der Waals surface area contributed by atoms with E-state index in [0.29, 0.717) is 23.7 Å². The number of carbonyl (C=O) groups excluding carboxylic acids is 1. The van der Waals surface area contributed by atoms with E-state index in [9.17, 15) is 4.79 Å². The van der Waals surface area contributed by atoms with Crippen molar-refractivity contribution in [3.63, 3.8) is 0 Å². The van der Waals surface area contributed by atoms with Crippen molar-refractivity contribution in [2.45, 2.75) is 18.9 Å². The molecule has 0 fully saturated rings. The van der Waals surface area contributed by atoms with Gasteiger partial charge >= 0.3 is 0 Å². The average Bonchev–Trinajstić information content (AvgIpc) is 3.14. The van der Waals surface area contributed by atoms with E-state index in [4.69, 9.17) is 14.2 Å². The van der Waals surface area contributed by atoms with Gasteiger partial charge in [0, 0.05) is 42.1 Å². The quantitative estimate of drug-likeness (QED) is 0.446. The molecule has 1 N–H and O–H groups in total. The van der Waals surface area contributed by atoms with E-state index in [0.717, 1.165) is 34.3 Å². The number of rotatable bonds is 6. The van der Waals surface area contributed by atoms with E-state index >= 15 is 0 Å². The van der Waals surface area contributed by atoms with Crippen molar-refractivity contribution < 1.29 is 19.0 Å². The predicted octanol–water partition coefficient (Wildman–Crippen LogP) is 5.19. The van der Waals surface area contributed by atoms with E-state index in [2.05, 4.69) is 34.3 Å². The van der Waals surface area contributed by atoms with E-state index in [1.54, 1.807) is 21.3 Å². The van der Waals surface area contributed by atoms with Crippen LogP contribution in [0.3, 0.4) is 0 Å². The normalized spacial score (nSPS) is 15.1. The largest absolute Gasteiger partial charge is 0.496 e. The minimum atomic E-state index is -0.206. The first kappa shape index (κ1) is 20.9. The molecule has 0 spiro atoms. The Labute approximate surface area is 192 Å². The Morgan fingerprint density at radius 3 is 2.33 bits per heavy atom. The van der Waals surface area contributed by atoms with Crippen molar-refractivity contribution in [1.29, 1.82) is 0 Å². The van der Waals surface area contributed by atoms with Crippen LogP contribution in [0.15, 0.2) is 66.9 Å². The maximum Gasteiger partial charge on any atom is 0.225 e. The Morgan fingerprint density at radius 1 is 0.879 bits per heavy atom. The van der Waals surface area contributed by atoms with Crippen LogP contribution in [-0.4, -0.2) is 31.8 Å². The molecule has 1 aliphatic rings. The van der Waals surface area contributed by atoms with E-state index in [-0.39, 0.29) is 11.8 Å². The van der Waals surface area contributed by atoms with Crippen molar-refractivity contribution in [3.8, 4) is 17.2 Å². The predicted molar refractivity (Wildman–Crippen MR) is 129 cm³/mol. The number of nitrogens with zero attached hydrogens (tertiary/aromatic N) is 1. The van der Waals surface area contributed by atoms with Crippen LogP contribution >= 0.6 is 0 Å². The fourth-order valence-corrected chi connectivity index (χ4v) is 4.76. The van der Waals surface area contributed by atoms with Crippen molar-refractivity contribution in [2.75, 3.05) is 26.6 Å². The van der Waals surface area contributed by atoms with Crippen molar-refractivity contribution in [2.24, 2.45) is 0 Å². The monoisotopic (exact) mass is 442 g/mol. The second-order valence-corrected chi connectivity index (χ2v) is 8.15. The zero-order valence-corrected chi connectivity index (χ0v) is 18.9. The lowest BCUT2D eigenvalue weighted by molar-refractivity contribution is -0.116. The number of carbonyl (C=O) groups is 1. The fraction of sp³-hybridized carbons (Fsp3) is 0.222. The Bertz CT molecular complexity index is 1330. The summed E-state index contributed by atoms with van der Waals surface area (Å²) in [7, 11) is 4.84. The molecule has 168 valence electrons. The van der Waals surface area contributed by atoms with Crippen LogP contribution in [-0.2, 0) is 11.3 Å². The zero-order valence-electron chi connectivity index (χ0n) is 18.9. The number of hydrogen-bond acceptors (Lipinski definition) is 4. The summed E-state index contributed by atoms with van der Waals surface area (Å²) in [5, 5.41) is 4.16. The number of methoxy groups -OCH3 is 3. The topological polar surface area (TPSA) is 61.7 Å². The van der Waals surface area contributed by atoms with Gasteiger partial charge in [-0.3, -0.25) is 4.79 Å². The molecule has 1 unspecified atom stereocenters. The van der Waals surface area contributed by atoms with Gasteiger partial charge in [0.1, 0.15) is 5.75 Å². The van der Waals surface area contributed by atoms with E-state index in [1.165, 1.54) is 5.56 Å². The molecule has 33 heavy (non-hydrogen) atoms. The number of amides is 1. The van der Waals surface area contributed by atoms with Crippen LogP contribution in [0.25, 0.3) is 10.9 Å². The summed E-state index contributed by atoms with van der Waals surface area (Å²) in [6, 6.07) is 20.2. The van der Waals surface area contributed by atoms with Gasteiger partial charge in [0.15, 0.2) is 11.5 Å². The highest BCUT2D eigenvalue weighted by atomic mass is 16.5. The molecule has 6 nitrogen and oxygen atoms in total. The third-order valence-corrected chi connectivity index (χ3v) is 6.28. The van der Waals surface area contributed by atoms with Crippen LogP contribution in [0.2, 0.25) is 0 Å². The number of benzene rings is 3. The van der Waals surface area contributed by atoms with Gasteiger partial charge in [0.05, 0.1) is 32.5 Å². The third-order valence-electron chi connectivity index (χ3n) is 6.28. The molecule has 3 aromatic carbocycles. The molecule has 1 aliphatic heterocycles. The first-order valence-corrected chi connectivity index (χ1v) is 10.9. The summed E-state index contributed by atoms with van der Waals surface area (Å²) >= 11 is 0. The highest BCUT2D eigenvalue weighted by Crippen LogP contribution is 2.46. The Hall–Kier alpha value is -3.93. The first-order chi connectivity index (χ1) is 16.1. The summed E-state index contributed by atoms with van der Waals surface area (Å²) in [4.78, 5) is 12.9. The van der Waals surface area contributed by atoms with Gasteiger partial charge < -0.3 is 24.1 Å². The zero-order chi connectivity index (χ0) is 22.9. The molecule has 0 bridgehead atoms. The Morgan fingerprint density at radius 2 is 1.61 bits per heavy atom. The lowest BCUT2D eigenvalue weighted by Crippen LogP contribution is -2.14. The Balaban J connectivity index is 1.72. The number of hydrogen-bond donors (Lipinski definition) is 1. The molecular weight excluding hydrogens is 416 g/mol. The molecule has 1 atom stereocenters. The molecule has 5 rings (SSSR count). The van der Waals surface area contributed by atoms with Crippen LogP contribution in [0.1, 0.15) is 29.0 Å². The maximum absolute atomic E-state index is 12.9. The van der Waals surface area contributed by atoms with Crippen molar-refractivity contribution >= 4 is 22.5 Å². The van der Waals surface area contributed by atoms with Gasteiger partial charge in [-0.15, -0.1) is 0 Å². The summed E-state index contributed by atoms with van der Waals surface area (Å²) in [5.74, 6) is 1.61. The number of aromatic nitrogens is 1. The van der Waals surface area contributed by atoms with Crippen LogP contribution in [0.4, 0.5) is 5.69 Å². The second-order valence-electron chi connectivity index (χ2n) is 8.15. The van der Waals surface area contributed by atoms with E-state index in [1.807, 2.05) is 42.5 Å². The van der Waals surface area contributed by atoms with Crippen LogP contribution in [0.5, 0.6) is 17.2 Å². The number of anilines is 1. The van der Waals surface area contributed by atoms with Crippen molar-refractivity contribution in [1.82, 2.24) is 4.57 Å². The van der Waals surface area contributed by atoms with Gasteiger partial charge in [-0.1, -0.05) is 36.4 Å². The van der Waals surface area contributed by atoms with E-state index < -0.39 is 0 Å². The van der Waals surface area contributed by atoms with Gasteiger partial charge in [0.2, 0.25) is 5.91 Å². The molecule has 0 radical (unpaired) electrons. The SMILES string of the molecule is COc1cc(OC)c(C2CC(=O)Nc3cccc4c3c2cn4Cc2ccccc2)cc1OC. The summed E-state index contributed by atoms with van der Waals surface area (Å²) in [6.45, 7) is 0.741. The minimum Gasteiger partial charge on any atom is -0.496 e. The maximum atomic E-state index is 12.9. The molecule has 6 heteroatoms. The molecule has 1 amide bonds. The third kappa shape index (κ3) is 3.67. The first-order valence-electron chi connectivity index (χ1n) is 10.9. The lowest BCUT2D eigenvalue weighted by atomic mass is 9.87.